The summed E-state index contributed by atoms with van der Waals surface area (Å²) >= 11 is 0. The van der Waals surface area contributed by atoms with Crippen molar-refractivity contribution < 1.29 is 4.79 Å². The summed E-state index contributed by atoms with van der Waals surface area (Å²) in [4.78, 5) is 12.0. The van der Waals surface area contributed by atoms with E-state index < -0.39 is 0 Å². The summed E-state index contributed by atoms with van der Waals surface area (Å²) in [6.07, 6.45) is 0.959. The molecule has 0 spiro atoms. The highest BCUT2D eigenvalue weighted by atomic mass is 16.2. The zero-order chi connectivity index (χ0) is 13.5. The lowest BCUT2D eigenvalue weighted by atomic mass is 10.0. The standard InChI is InChI=1S/C17H16N2O/c20-17(13-9-18-10-13)19-14-5-6-16-12(8-14)7-11-3-1-2-4-15(11)16/h1-6,8,13,18H,7,9-10H2,(H,19,20). The van der Waals surface area contributed by atoms with Crippen molar-refractivity contribution in [2.75, 3.05) is 18.4 Å². The van der Waals surface area contributed by atoms with Crippen molar-refractivity contribution in [3.05, 3.63) is 53.6 Å². The monoisotopic (exact) mass is 264 g/mol. The molecule has 4 rings (SSSR count). The molecule has 1 fully saturated rings. The van der Waals surface area contributed by atoms with Gasteiger partial charge < -0.3 is 10.6 Å². The molecule has 1 amide bonds. The van der Waals surface area contributed by atoms with Gasteiger partial charge in [-0.25, -0.2) is 0 Å². The summed E-state index contributed by atoms with van der Waals surface area (Å²) in [5.41, 5.74) is 6.20. The first-order chi connectivity index (χ1) is 9.81. The summed E-state index contributed by atoms with van der Waals surface area (Å²) < 4.78 is 0. The largest absolute Gasteiger partial charge is 0.326 e. The Morgan fingerprint density at radius 2 is 1.85 bits per heavy atom. The van der Waals surface area contributed by atoms with E-state index in [1.807, 2.05) is 6.07 Å². The molecule has 2 aromatic carbocycles. The molecule has 0 aromatic heterocycles. The number of rotatable bonds is 2. The molecule has 1 heterocycles. The van der Waals surface area contributed by atoms with Gasteiger partial charge in [-0.1, -0.05) is 30.3 Å². The average Bonchev–Trinajstić information content (AvgIpc) is 2.74. The summed E-state index contributed by atoms with van der Waals surface area (Å²) in [6.45, 7) is 1.59. The van der Waals surface area contributed by atoms with E-state index in [-0.39, 0.29) is 11.8 Å². The number of nitrogens with one attached hydrogen (secondary N) is 2. The number of amides is 1. The fraction of sp³-hybridized carbons (Fsp3) is 0.235. The molecule has 3 nitrogen and oxygen atoms in total. The predicted octanol–water partition coefficient (Wildman–Crippen LogP) is 2.42. The highest BCUT2D eigenvalue weighted by Crippen LogP contribution is 2.37. The smallest absolute Gasteiger partial charge is 0.230 e. The molecule has 3 heteroatoms. The van der Waals surface area contributed by atoms with Gasteiger partial charge in [-0.15, -0.1) is 0 Å². The van der Waals surface area contributed by atoms with Crippen LogP contribution in [0.2, 0.25) is 0 Å². The number of hydrogen-bond donors (Lipinski definition) is 2. The minimum atomic E-state index is 0.124. The summed E-state index contributed by atoms with van der Waals surface area (Å²) in [6, 6.07) is 14.7. The third-order valence-electron chi connectivity index (χ3n) is 4.21. The number of carbonyl (C=O) groups excluding carboxylic acids is 1. The van der Waals surface area contributed by atoms with E-state index in [1.165, 1.54) is 22.3 Å². The van der Waals surface area contributed by atoms with E-state index in [0.717, 1.165) is 25.2 Å². The van der Waals surface area contributed by atoms with Gasteiger partial charge in [-0.3, -0.25) is 4.79 Å². The Hall–Kier alpha value is -2.13. The molecule has 20 heavy (non-hydrogen) atoms. The molecular weight excluding hydrogens is 248 g/mol. The number of anilines is 1. The van der Waals surface area contributed by atoms with Crippen LogP contribution >= 0.6 is 0 Å². The SMILES string of the molecule is O=C(Nc1ccc2c(c1)Cc1ccccc1-2)C1CNC1. The van der Waals surface area contributed by atoms with Crippen molar-refractivity contribution in [1.82, 2.24) is 5.32 Å². The van der Waals surface area contributed by atoms with Crippen molar-refractivity contribution in [2.24, 2.45) is 5.92 Å². The van der Waals surface area contributed by atoms with E-state index in [0.29, 0.717) is 0 Å². The van der Waals surface area contributed by atoms with Crippen molar-refractivity contribution in [3.8, 4) is 11.1 Å². The fourth-order valence-corrected chi connectivity index (χ4v) is 2.94. The first-order valence-corrected chi connectivity index (χ1v) is 7.04. The quantitative estimate of drug-likeness (QED) is 0.746. The third-order valence-corrected chi connectivity index (χ3v) is 4.21. The van der Waals surface area contributed by atoms with Gasteiger partial charge in [-0.2, -0.15) is 0 Å². The molecule has 1 aliphatic carbocycles. The second-order valence-electron chi connectivity index (χ2n) is 5.55. The van der Waals surface area contributed by atoms with Crippen LogP contribution in [-0.4, -0.2) is 19.0 Å². The van der Waals surface area contributed by atoms with Crippen molar-refractivity contribution >= 4 is 11.6 Å². The highest BCUT2D eigenvalue weighted by Gasteiger charge is 2.25. The lowest BCUT2D eigenvalue weighted by Gasteiger charge is -2.25. The van der Waals surface area contributed by atoms with Crippen LogP contribution < -0.4 is 10.6 Å². The Bertz CT molecular complexity index is 689. The van der Waals surface area contributed by atoms with Crippen LogP contribution in [0.1, 0.15) is 11.1 Å². The Morgan fingerprint density at radius 1 is 1.05 bits per heavy atom. The number of fused-ring (bicyclic) bond motifs is 3. The molecule has 2 aromatic rings. The molecule has 0 radical (unpaired) electrons. The van der Waals surface area contributed by atoms with Gasteiger partial charge in [0.2, 0.25) is 5.91 Å². The fourth-order valence-electron chi connectivity index (χ4n) is 2.94. The average molecular weight is 264 g/mol. The molecule has 0 unspecified atom stereocenters. The van der Waals surface area contributed by atoms with E-state index in [9.17, 15) is 4.79 Å². The molecule has 2 aliphatic rings. The zero-order valence-corrected chi connectivity index (χ0v) is 11.1. The molecule has 0 atom stereocenters. The van der Waals surface area contributed by atoms with Gasteiger partial charge >= 0.3 is 0 Å². The second-order valence-corrected chi connectivity index (χ2v) is 5.55. The summed E-state index contributed by atoms with van der Waals surface area (Å²) in [5, 5.41) is 6.14. The minimum Gasteiger partial charge on any atom is -0.326 e. The van der Waals surface area contributed by atoms with Crippen LogP contribution in [0.5, 0.6) is 0 Å². The Morgan fingerprint density at radius 3 is 2.65 bits per heavy atom. The number of carbonyl (C=O) groups is 1. The van der Waals surface area contributed by atoms with Crippen molar-refractivity contribution in [3.63, 3.8) is 0 Å². The first kappa shape index (κ1) is 11.7. The maximum atomic E-state index is 12.0. The molecular formula is C17H16N2O. The van der Waals surface area contributed by atoms with Crippen LogP contribution in [-0.2, 0) is 11.2 Å². The maximum absolute atomic E-state index is 12.0. The molecule has 1 saturated heterocycles. The van der Waals surface area contributed by atoms with Crippen LogP contribution in [0.3, 0.4) is 0 Å². The Kier molecular flexibility index (Phi) is 2.60. The Labute approximate surface area is 118 Å². The predicted molar refractivity (Wildman–Crippen MR) is 79.7 cm³/mol. The minimum absolute atomic E-state index is 0.124. The van der Waals surface area contributed by atoms with Gasteiger partial charge in [0.05, 0.1) is 5.92 Å². The van der Waals surface area contributed by atoms with Gasteiger partial charge in [0, 0.05) is 18.8 Å². The normalized spacial score (nSPS) is 16.2. The zero-order valence-electron chi connectivity index (χ0n) is 11.1. The molecule has 1 aliphatic heterocycles. The van der Waals surface area contributed by atoms with Crippen LogP contribution in [0.15, 0.2) is 42.5 Å². The van der Waals surface area contributed by atoms with Crippen LogP contribution in [0.25, 0.3) is 11.1 Å². The second kappa shape index (κ2) is 4.46. The maximum Gasteiger partial charge on any atom is 0.230 e. The highest BCUT2D eigenvalue weighted by molar-refractivity contribution is 5.94. The van der Waals surface area contributed by atoms with Crippen LogP contribution in [0, 0.1) is 5.92 Å². The van der Waals surface area contributed by atoms with Crippen molar-refractivity contribution in [2.45, 2.75) is 6.42 Å². The van der Waals surface area contributed by atoms with E-state index in [2.05, 4.69) is 47.0 Å². The van der Waals surface area contributed by atoms with Gasteiger partial charge in [-0.05, 0) is 40.8 Å². The van der Waals surface area contributed by atoms with Crippen molar-refractivity contribution in [1.29, 1.82) is 0 Å². The van der Waals surface area contributed by atoms with Crippen LogP contribution in [0.4, 0.5) is 5.69 Å². The summed E-state index contributed by atoms with van der Waals surface area (Å²) in [5.74, 6) is 0.250. The summed E-state index contributed by atoms with van der Waals surface area (Å²) in [7, 11) is 0. The Balaban J connectivity index is 1.60. The third kappa shape index (κ3) is 1.82. The lowest BCUT2D eigenvalue weighted by Crippen LogP contribution is -2.48. The molecule has 0 bridgehead atoms. The van der Waals surface area contributed by atoms with Gasteiger partial charge in [0.15, 0.2) is 0 Å². The number of benzene rings is 2. The van der Waals surface area contributed by atoms with Gasteiger partial charge in [0.25, 0.3) is 0 Å². The van der Waals surface area contributed by atoms with Gasteiger partial charge in [0.1, 0.15) is 0 Å². The molecule has 0 saturated carbocycles. The molecule has 100 valence electrons. The topological polar surface area (TPSA) is 41.1 Å². The van der Waals surface area contributed by atoms with E-state index >= 15 is 0 Å². The molecule has 2 N–H and O–H groups in total. The first-order valence-electron chi connectivity index (χ1n) is 7.04. The van der Waals surface area contributed by atoms with E-state index in [1.54, 1.807) is 0 Å². The lowest BCUT2D eigenvalue weighted by molar-refractivity contribution is -0.121. The van der Waals surface area contributed by atoms with E-state index in [4.69, 9.17) is 0 Å². The number of hydrogen-bond acceptors (Lipinski definition) is 2.